The van der Waals surface area contributed by atoms with Crippen molar-refractivity contribution in [2.24, 2.45) is 0 Å². The maximum atomic E-state index is 12.1. The molecule has 0 aliphatic carbocycles. The topological polar surface area (TPSA) is 76.7 Å². The number of nitrogens with one attached hydrogen (secondary N) is 2. The average Bonchev–Trinajstić information content (AvgIpc) is 2.53. The molecule has 0 saturated heterocycles. The summed E-state index contributed by atoms with van der Waals surface area (Å²) >= 11 is 0. The van der Waals surface area contributed by atoms with Gasteiger partial charge in [0.25, 0.3) is 11.8 Å². The van der Waals surface area contributed by atoms with Gasteiger partial charge in [0.2, 0.25) is 0 Å². The smallest absolute Gasteiger partial charge is 0.265 e. The Kier molecular flexibility index (Phi) is 4.61. The molecule has 0 spiro atoms. The molecule has 6 heteroatoms. The SMILES string of the molecule is Cc1cc(C)cc(OCC(=O)Nc2ccc3c(c2)NC(=O)[C@H](C)O3)c1. The Bertz CT molecular complexity index is 812. The summed E-state index contributed by atoms with van der Waals surface area (Å²) < 4.78 is 11.0. The molecule has 130 valence electrons. The quantitative estimate of drug-likeness (QED) is 0.897. The molecule has 2 amide bonds. The van der Waals surface area contributed by atoms with Crippen LogP contribution < -0.4 is 20.1 Å². The van der Waals surface area contributed by atoms with E-state index in [2.05, 4.69) is 10.6 Å². The molecule has 1 atom stereocenters. The standard InChI is InChI=1S/C19H20N2O4/c1-11-6-12(2)8-15(7-11)24-10-18(22)20-14-4-5-17-16(9-14)21-19(23)13(3)25-17/h4-9,13H,10H2,1-3H3,(H,20,22)(H,21,23)/t13-/m0/s1. The Morgan fingerprint density at radius 1 is 1.20 bits per heavy atom. The van der Waals surface area contributed by atoms with Gasteiger partial charge in [0, 0.05) is 5.69 Å². The molecule has 0 saturated carbocycles. The fourth-order valence-corrected chi connectivity index (χ4v) is 2.65. The third kappa shape index (κ3) is 4.09. The highest BCUT2D eigenvalue weighted by Gasteiger charge is 2.23. The van der Waals surface area contributed by atoms with Gasteiger partial charge in [-0.3, -0.25) is 9.59 Å². The maximum Gasteiger partial charge on any atom is 0.265 e. The molecule has 2 aromatic rings. The first-order valence-corrected chi connectivity index (χ1v) is 8.03. The van der Waals surface area contributed by atoms with Crippen LogP contribution in [-0.4, -0.2) is 24.5 Å². The summed E-state index contributed by atoms with van der Waals surface area (Å²) in [5, 5.41) is 5.49. The van der Waals surface area contributed by atoms with E-state index >= 15 is 0 Å². The number of amides is 2. The maximum absolute atomic E-state index is 12.1. The predicted molar refractivity (Wildman–Crippen MR) is 95.2 cm³/mol. The van der Waals surface area contributed by atoms with Crippen LogP contribution in [-0.2, 0) is 9.59 Å². The summed E-state index contributed by atoms with van der Waals surface area (Å²) in [4.78, 5) is 23.7. The first-order valence-electron chi connectivity index (χ1n) is 8.03. The van der Waals surface area contributed by atoms with E-state index in [-0.39, 0.29) is 18.4 Å². The van der Waals surface area contributed by atoms with Crippen LogP contribution in [0.5, 0.6) is 11.5 Å². The minimum Gasteiger partial charge on any atom is -0.484 e. The molecular weight excluding hydrogens is 320 g/mol. The van der Waals surface area contributed by atoms with Crippen molar-refractivity contribution < 1.29 is 19.1 Å². The van der Waals surface area contributed by atoms with Crippen LogP contribution in [0.25, 0.3) is 0 Å². The van der Waals surface area contributed by atoms with Crippen molar-refractivity contribution in [2.45, 2.75) is 26.9 Å². The van der Waals surface area contributed by atoms with Crippen LogP contribution in [0.15, 0.2) is 36.4 Å². The van der Waals surface area contributed by atoms with Gasteiger partial charge in [-0.25, -0.2) is 0 Å². The average molecular weight is 340 g/mol. The van der Waals surface area contributed by atoms with E-state index in [1.807, 2.05) is 32.0 Å². The van der Waals surface area contributed by atoms with E-state index in [9.17, 15) is 9.59 Å². The van der Waals surface area contributed by atoms with Crippen LogP contribution in [0.1, 0.15) is 18.1 Å². The largest absolute Gasteiger partial charge is 0.484 e. The van der Waals surface area contributed by atoms with Crippen molar-refractivity contribution in [3.63, 3.8) is 0 Å². The van der Waals surface area contributed by atoms with Crippen LogP contribution >= 0.6 is 0 Å². The number of ether oxygens (including phenoxy) is 2. The second-order valence-corrected chi connectivity index (χ2v) is 6.12. The lowest BCUT2D eigenvalue weighted by atomic mass is 10.1. The molecule has 0 unspecified atom stereocenters. The minimum atomic E-state index is -0.529. The van der Waals surface area contributed by atoms with E-state index < -0.39 is 6.10 Å². The normalized spacial score (nSPS) is 15.6. The van der Waals surface area contributed by atoms with Crippen LogP contribution in [0.3, 0.4) is 0 Å². The Labute approximate surface area is 146 Å². The molecule has 0 fully saturated rings. The van der Waals surface area contributed by atoms with E-state index in [4.69, 9.17) is 9.47 Å². The van der Waals surface area contributed by atoms with Crippen molar-refractivity contribution in [1.82, 2.24) is 0 Å². The fraction of sp³-hybridized carbons (Fsp3) is 0.263. The molecule has 1 aliphatic heterocycles. The summed E-state index contributed by atoms with van der Waals surface area (Å²) in [6.45, 7) is 5.53. The molecule has 3 rings (SSSR count). The first kappa shape index (κ1) is 16.8. The Hall–Kier alpha value is -3.02. The lowest BCUT2D eigenvalue weighted by Crippen LogP contribution is -2.34. The van der Waals surface area contributed by atoms with Gasteiger partial charge in [0.05, 0.1) is 5.69 Å². The van der Waals surface area contributed by atoms with Crippen LogP contribution in [0.4, 0.5) is 11.4 Å². The molecule has 6 nitrogen and oxygen atoms in total. The molecule has 1 aliphatic rings. The number of hydrogen-bond donors (Lipinski definition) is 2. The molecule has 0 radical (unpaired) electrons. The van der Waals surface area contributed by atoms with E-state index in [0.717, 1.165) is 11.1 Å². The molecule has 0 aromatic heterocycles. The molecular formula is C19H20N2O4. The highest BCUT2D eigenvalue weighted by Crippen LogP contribution is 2.32. The van der Waals surface area contributed by atoms with E-state index in [1.165, 1.54) is 0 Å². The van der Waals surface area contributed by atoms with Gasteiger partial charge in [-0.05, 0) is 62.2 Å². The van der Waals surface area contributed by atoms with Crippen LogP contribution in [0.2, 0.25) is 0 Å². The lowest BCUT2D eigenvalue weighted by Gasteiger charge is -2.23. The van der Waals surface area contributed by atoms with Gasteiger partial charge in [-0.2, -0.15) is 0 Å². The second kappa shape index (κ2) is 6.84. The van der Waals surface area contributed by atoms with Gasteiger partial charge in [-0.15, -0.1) is 0 Å². The molecule has 2 aromatic carbocycles. The zero-order chi connectivity index (χ0) is 18.0. The number of carbonyl (C=O) groups excluding carboxylic acids is 2. The van der Waals surface area contributed by atoms with Crippen molar-refractivity contribution in [2.75, 3.05) is 17.2 Å². The number of carbonyl (C=O) groups is 2. The monoisotopic (exact) mass is 340 g/mol. The van der Waals surface area contributed by atoms with Gasteiger partial charge in [0.15, 0.2) is 12.7 Å². The van der Waals surface area contributed by atoms with Gasteiger partial charge in [-0.1, -0.05) is 6.07 Å². The van der Waals surface area contributed by atoms with Crippen molar-refractivity contribution >= 4 is 23.2 Å². The summed E-state index contributed by atoms with van der Waals surface area (Å²) in [7, 11) is 0. The zero-order valence-corrected chi connectivity index (χ0v) is 14.4. The summed E-state index contributed by atoms with van der Waals surface area (Å²) in [6, 6.07) is 10.9. The zero-order valence-electron chi connectivity index (χ0n) is 14.4. The van der Waals surface area contributed by atoms with E-state index in [1.54, 1.807) is 25.1 Å². The first-order chi connectivity index (χ1) is 11.9. The fourth-order valence-electron chi connectivity index (χ4n) is 2.65. The minimum absolute atomic E-state index is 0.0973. The summed E-state index contributed by atoms with van der Waals surface area (Å²) in [5.41, 5.74) is 3.26. The van der Waals surface area contributed by atoms with Crippen molar-refractivity contribution in [1.29, 1.82) is 0 Å². The molecule has 25 heavy (non-hydrogen) atoms. The number of fused-ring (bicyclic) bond motifs is 1. The third-order valence-electron chi connectivity index (χ3n) is 3.76. The van der Waals surface area contributed by atoms with Gasteiger partial charge >= 0.3 is 0 Å². The lowest BCUT2D eigenvalue weighted by molar-refractivity contribution is -0.122. The number of anilines is 2. The highest BCUT2D eigenvalue weighted by atomic mass is 16.5. The van der Waals surface area contributed by atoms with Crippen LogP contribution in [0, 0.1) is 13.8 Å². The number of hydrogen-bond acceptors (Lipinski definition) is 4. The summed E-state index contributed by atoms with van der Waals surface area (Å²) in [5.74, 6) is 0.744. The number of benzene rings is 2. The Morgan fingerprint density at radius 2 is 1.92 bits per heavy atom. The molecule has 1 heterocycles. The number of rotatable bonds is 4. The predicted octanol–water partition coefficient (Wildman–Crippen LogP) is 3.04. The number of aryl methyl sites for hydroxylation is 2. The Balaban J connectivity index is 1.61. The summed E-state index contributed by atoms with van der Waals surface area (Å²) in [6.07, 6.45) is -0.529. The highest BCUT2D eigenvalue weighted by molar-refractivity contribution is 5.99. The van der Waals surface area contributed by atoms with Crippen molar-refractivity contribution in [3.8, 4) is 11.5 Å². The van der Waals surface area contributed by atoms with E-state index in [0.29, 0.717) is 22.9 Å². The van der Waals surface area contributed by atoms with Gasteiger partial charge in [0.1, 0.15) is 11.5 Å². The second-order valence-electron chi connectivity index (χ2n) is 6.12. The molecule has 2 N–H and O–H groups in total. The third-order valence-corrected chi connectivity index (χ3v) is 3.76. The molecule has 0 bridgehead atoms. The van der Waals surface area contributed by atoms with Crippen molar-refractivity contribution in [3.05, 3.63) is 47.5 Å². The van der Waals surface area contributed by atoms with Gasteiger partial charge < -0.3 is 20.1 Å². The Morgan fingerprint density at radius 3 is 2.64 bits per heavy atom.